The number of hydrogen-bond acceptors (Lipinski definition) is 0. The first-order valence-corrected chi connectivity index (χ1v) is 14.9. The van der Waals surface area contributed by atoms with Crippen molar-refractivity contribution in [2.75, 3.05) is 0 Å². The molecule has 138 valence electrons. The summed E-state index contributed by atoms with van der Waals surface area (Å²) in [4.78, 5) is 0. The van der Waals surface area contributed by atoms with Crippen molar-refractivity contribution in [3.63, 3.8) is 0 Å². The van der Waals surface area contributed by atoms with Gasteiger partial charge in [0.05, 0.1) is 0 Å². The lowest BCUT2D eigenvalue weighted by Crippen LogP contribution is -2.70. The standard InChI is InChI=1S/C24H34Si2/c1-23(2,3)25(7)18-22(19-14-10-9-11-15-19)26(8,24(4,5)6)21-17-13-12-16-20(21)25/h9-18H,1-8H3/t25-,26-/m1/s1. The van der Waals surface area contributed by atoms with E-state index in [1.54, 1.807) is 15.6 Å². The quantitative estimate of drug-likeness (QED) is 0.531. The first-order valence-electron chi connectivity index (χ1n) is 9.82. The fourth-order valence-corrected chi connectivity index (χ4v) is 14.9. The molecule has 0 nitrogen and oxygen atoms in total. The van der Waals surface area contributed by atoms with Gasteiger partial charge in [0, 0.05) is 0 Å². The lowest BCUT2D eigenvalue weighted by molar-refractivity contribution is 0.728. The zero-order chi connectivity index (χ0) is 19.4. The van der Waals surface area contributed by atoms with Crippen LogP contribution in [-0.2, 0) is 0 Å². The minimum absolute atomic E-state index is 0.262. The van der Waals surface area contributed by atoms with Crippen molar-refractivity contribution in [1.29, 1.82) is 0 Å². The Kier molecular flexibility index (Phi) is 4.52. The molecule has 0 unspecified atom stereocenters. The summed E-state index contributed by atoms with van der Waals surface area (Å²) in [5.41, 5.74) is 4.22. The van der Waals surface area contributed by atoms with Gasteiger partial charge in [-0.25, -0.2) is 0 Å². The van der Waals surface area contributed by atoms with E-state index in [1.807, 2.05) is 0 Å². The highest BCUT2D eigenvalue weighted by molar-refractivity contribution is 7.16. The summed E-state index contributed by atoms with van der Waals surface area (Å²) in [6, 6.07) is 20.6. The molecule has 0 aliphatic carbocycles. The molecule has 1 heterocycles. The zero-order valence-corrected chi connectivity index (χ0v) is 19.8. The first kappa shape index (κ1) is 19.4. The largest absolute Gasteiger partial charge is 0.120 e. The van der Waals surface area contributed by atoms with Gasteiger partial charge in [-0.1, -0.05) is 131 Å². The van der Waals surface area contributed by atoms with Crippen LogP contribution < -0.4 is 10.4 Å². The minimum Gasteiger partial charge on any atom is -0.0894 e. The average molecular weight is 379 g/mol. The molecule has 0 saturated heterocycles. The maximum atomic E-state index is 2.78. The summed E-state index contributed by atoms with van der Waals surface area (Å²) in [6.45, 7) is 19.9. The normalized spacial score (nSPS) is 26.2. The van der Waals surface area contributed by atoms with Crippen LogP contribution in [0, 0.1) is 0 Å². The van der Waals surface area contributed by atoms with E-state index in [4.69, 9.17) is 0 Å². The Morgan fingerprint density at radius 2 is 1.12 bits per heavy atom. The number of hydrogen-bond donors (Lipinski definition) is 0. The Labute approximate surface area is 162 Å². The van der Waals surface area contributed by atoms with Gasteiger partial charge in [-0.2, -0.15) is 0 Å². The highest BCUT2D eigenvalue weighted by Gasteiger charge is 2.54. The molecular formula is C24H34Si2. The van der Waals surface area contributed by atoms with Crippen LogP contribution in [0.2, 0.25) is 23.2 Å². The van der Waals surface area contributed by atoms with Crippen molar-refractivity contribution < 1.29 is 0 Å². The van der Waals surface area contributed by atoms with Gasteiger partial charge in [0.2, 0.25) is 0 Å². The highest BCUT2D eigenvalue weighted by atomic mass is 28.3. The van der Waals surface area contributed by atoms with Gasteiger partial charge < -0.3 is 0 Å². The van der Waals surface area contributed by atoms with Crippen LogP contribution in [0.5, 0.6) is 0 Å². The maximum absolute atomic E-state index is 2.78. The van der Waals surface area contributed by atoms with E-state index in [2.05, 4.69) is 115 Å². The van der Waals surface area contributed by atoms with E-state index in [1.165, 1.54) is 5.56 Å². The molecule has 0 saturated carbocycles. The van der Waals surface area contributed by atoms with Crippen molar-refractivity contribution in [3.05, 3.63) is 65.9 Å². The molecule has 26 heavy (non-hydrogen) atoms. The van der Waals surface area contributed by atoms with E-state index in [0.717, 1.165) is 0 Å². The third-order valence-corrected chi connectivity index (χ3v) is 19.2. The monoisotopic (exact) mass is 378 g/mol. The van der Waals surface area contributed by atoms with Crippen LogP contribution in [0.1, 0.15) is 47.1 Å². The van der Waals surface area contributed by atoms with E-state index >= 15 is 0 Å². The molecule has 0 fully saturated rings. The molecule has 2 atom stereocenters. The van der Waals surface area contributed by atoms with Gasteiger partial charge in [0.1, 0.15) is 16.1 Å². The van der Waals surface area contributed by atoms with E-state index in [-0.39, 0.29) is 10.1 Å². The Hall–Kier alpha value is -1.39. The molecule has 0 amide bonds. The Bertz CT molecular complexity index is 837. The first-order chi connectivity index (χ1) is 11.9. The van der Waals surface area contributed by atoms with E-state index in [0.29, 0.717) is 0 Å². The van der Waals surface area contributed by atoms with Gasteiger partial charge in [0.15, 0.2) is 0 Å². The third kappa shape index (κ3) is 2.69. The molecule has 1 aliphatic rings. The topological polar surface area (TPSA) is 0 Å². The lowest BCUT2D eigenvalue weighted by Gasteiger charge is -2.52. The zero-order valence-electron chi connectivity index (χ0n) is 17.8. The van der Waals surface area contributed by atoms with Crippen molar-refractivity contribution in [1.82, 2.24) is 0 Å². The second-order valence-electron chi connectivity index (χ2n) is 10.3. The average Bonchev–Trinajstić information content (AvgIpc) is 2.57. The van der Waals surface area contributed by atoms with Crippen molar-refractivity contribution in [2.45, 2.75) is 64.7 Å². The van der Waals surface area contributed by atoms with Crippen LogP contribution in [0.15, 0.2) is 60.3 Å². The van der Waals surface area contributed by atoms with Crippen LogP contribution >= 0.6 is 0 Å². The second kappa shape index (κ2) is 6.07. The van der Waals surface area contributed by atoms with Crippen LogP contribution in [0.25, 0.3) is 5.20 Å². The molecular weight excluding hydrogens is 344 g/mol. The molecule has 0 aromatic heterocycles. The molecule has 2 aromatic carbocycles. The van der Waals surface area contributed by atoms with Crippen molar-refractivity contribution in [2.24, 2.45) is 0 Å². The van der Waals surface area contributed by atoms with Gasteiger partial charge in [-0.3, -0.25) is 0 Å². The Balaban J connectivity index is 2.44. The molecule has 1 aliphatic heterocycles. The maximum Gasteiger partial charge on any atom is 0.120 e. The highest BCUT2D eigenvalue weighted by Crippen LogP contribution is 2.49. The van der Waals surface area contributed by atoms with Crippen LogP contribution in [0.3, 0.4) is 0 Å². The number of rotatable bonds is 1. The van der Waals surface area contributed by atoms with E-state index in [9.17, 15) is 0 Å². The third-order valence-electron chi connectivity index (χ3n) is 7.14. The SMILES string of the molecule is CC(C)(C)[Si@@]1(C)C(c2ccccc2)=C[Si@@](C)(C(C)(C)C)c2ccccc21. The fourth-order valence-electron chi connectivity index (χ4n) is 4.45. The number of fused-ring (bicyclic) bond motifs is 1. The molecule has 0 spiro atoms. The number of benzene rings is 2. The molecule has 2 heteroatoms. The van der Waals surface area contributed by atoms with Crippen LogP contribution in [0.4, 0.5) is 0 Å². The van der Waals surface area contributed by atoms with E-state index < -0.39 is 16.1 Å². The fraction of sp³-hybridized carbons (Fsp3) is 0.417. The van der Waals surface area contributed by atoms with Gasteiger partial charge in [-0.05, 0) is 15.6 Å². The van der Waals surface area contributed by atoms with Crippen molar-refractivity contribution in [3.8, 4) is 0 Å². The summed E-state index contributed by atoms with van der Waals surface area (Å²) in [7, 11) is -3.70. The lowest BCUT2D eigenvalue weighted by atomic mass is 10.2. The second-order valence-corrected chi connectivity index (χ2v) is 19.9. The minimum atomic E-state index is -1.90. The van der Waals surface area contributed by atoms with Gasteiger partial charge >= 0.3 is 0 Å². The van der Waals surface area contributed by atoms with Gasteiger partial charge in [-0.15, -0.1) is 0 Å². The summed E-state index contributed by atoms with van der Waals surface area (Å²) in [6.07, 6.45) is 0. The molecule has 3 rings (SSSR count). The molecule has 2 aromatic rings. The summed E-state index contributed by atoms with van der Waals surface area (Å²) in [5.74, 6) is 0. The predicted octanol–water partition coefficient (Wildman–Crippen LogP) is 6.03. The molecule has 0 radical (unpaired) electrons. The molecule has 0 bridgehead atoms. The summed E-state index contributed by atoms with van der Waals surface area (Å²) in [5, 5.41) is 5.57. The van der Waals surface area contributed by atoms with Crippen molar-refractivity contribution >= 4 is 31.7 Å². The summed E-state index contributed by atoms with van der Waals surface area (Å²) >= 11 is 0. The smallest absolute Gasteiger partial charge is 0.0894 e. The predicted molar refractivity (Wildman–Crippen MR) is 123 cm³/mol. The molecule has 0 N–H and O–H groups in total. The van der Waals surface area contributed by atoms with Gasteiger partial charge in [0.25, 0.3) is 0 Å². The van der Waals surface area contributed by atoms with Crippen LogP contribution in [-0.4, -0.2) is 16.1 Å². The Morgan fingerprint density at radius 3 is 1.62 bits per heavy atom. The summed E-state index contributed by atoms with van der Waals surface area (Å²) < 4.78 is 0. The Morgan fingerprint density at radius 1 is 0.615 bits per heavy atom.